The van der Waals surface area contributed by atoms with E-state index in [1.54, 1.807) is 0 Å². The molecule has 0 bridgehead atoms. The van der Waals surface area contributed by atoms with E-state index in [2.05, 4.69) is 37.6 Å². The van der Waals surface area contributed by atoms with Crippen molar-refractivity contribution in [2.75, 3.05) is 0 Å². The summed E-state index contributed by atoms with van der Waals surface area (Å²) in [5.41, 5.74) is -1.67. The van der Waals surface area contributed by atoms with Crippen molar-refractivity contribution in [3.05, 3.63) is 0 Å². The van der Waals surface area contributed by atoms with E-state index in [1.807, 2.05) is 47.7 Å². The lowest BCUT2D eigenvalue weighted by Gasteiger charge is -2.43. The molecule has 0 amide bonds. The minimum Gasteiger partial charge on any atom is -0.387 e. The molecule has 7 heteroatoms. The van der Waals surface area contributed by atoms with Crippen molar-refractivity contribution < 1.29 is 8.63 Å². The Morgan fingerprint density at radius 3 is 1.71 bits per heavy atom. The van der Waals surface area contributed by atoms with Crippen molar-refractivity contribution in [3.63, 3.8) is 0 Å². The largest absolute Gasteiger partial charge is 0.387 e. The molecule has 0 aromatic carbocycles. The van der Waals surface area contributed by atoms with Crippen LogP contribution in [0.15, 0.2) is 0 Å². The molecule has 5 nitrogen and oxygen atoms in total. The van der Waals surface area contributed by atoms with Crippen molar-refractivity contribution in [1.29, 1.82) is 10.5 Å². The average molecular weight is 372 g/mol. The predicted octanol–water partition coefficient (Wildman–Crippen LogP) is 3.87. The fourth-order valence-electron chi connectivity index (χ4n) is 1.81. The minimum absolute atomic E-state index is 0.0969. The van der Waals surface area contributed by atoms with Crippen molar-refractivity contribution in [3.8, 4) is 12.1 Å². The summed E-state index contributed by atoms with van der Waals surface area (Å²) in [6.07, 6.45) is 0. The summed E-state index contributed by atoms with van der Waals surface area (Å²) in [6, 6.07) is 3.52. The van der Waals surface area contributed by atoms with E-state index in [0.717, 1.165) is 0 Å². The third kappa shape index (κ3) is 5.39. The molecule has 0 aliphatic rings. The smallest absolute Gasteiger partial charge is 0.248 e. The van der Waals surface area contributed by atoms with E-state index in [9.17, 15) is 14.7 Å². The van der Waals surface area contributed by atoms with Gasteiger partial charge < -0.3 is 4.43 Å². The molecule has 0 spiro atoms. The van der Waals surface area contributed by atoms with Gasteiger partial charge in [-0.25, -0.2) is 8.93 Å². The average Bonchev–Trinajstić information content (AvgIpc) is 2.39. The van der Waals surface area contributed by atoms with Crippen molar-refractivity contribution >= 4 is 19.3 Å². The Hall–Kier alpha value is -0.733. The normalized spacial score (nSPS) is 16.4. The maximum Gasteiger partial charge on any atom is 0.248 e. The number of hydrogen-bond donors (Lipinski definition) is 1. The first-order valence-corrected chi connectivity index (χ1v) is 12.3. The molecule has 24 heavy (non-hydrogen) atoms. The summed E-state index contributed by atoms with van der Waals surface area (Å²) in [7, 11) is -3.78. The molecule has 0 aromatic rings. The topological polar surface area (TPSA) is 85.9 Å². The Bertz CT molecular complexity index is 534. The molecular weight excluding hydrogens is 338 g/mol. The van der Waals surface area contributed by atoms with Crippen molar-refractivity contribution in [1.82, 2.24) is 4.72 Å². The summed E-state index contributed by atoms with van der Waals surface area (Å²) >= 11 is 0. The molecule has 0 saturated carbocycles. The summed E-state index contributed by atoms with van der Waals surface area (Å²) in [6.45, 7) is 19.5. The first kappa shape index (κ1) is 23.3. The van der Waals surface area contributed by atoms with E-state index in [-0.39, 0.29) is 11.0 Å². The lowest BCUT2D eigenvalue weighted by Crippen LogP contribution is -2.61. The standard InChI is InChI=1S/C17H33N3O2SSi/c1-13(2)14(20-23(21)15(3,4)5)17(11-18,12-19)22-24(9,10)16(6,7)8/h13-14,20H,1-10H3/t14-,23?/m0/s1. The Kier molecular flexibility index (Phi) is 7.42. The van der Waals surface area contributed by atoms with Crippen LogP contribution in [0.25, 0.3) is 0 Å². The fourth-order valence-corrected chi connectivity index (χ4v) is 4.16. The van der Waals surface area contributed by atoms with Gasteiger partial charge in [-0.2, -0.15) is 10.5 Å². The molecule has 0 aliphatic heterocycles. The van der Waals surface area contributed by atoms with Gasteiger partial charge in [0, 0.05) is 0 Å². The number of nitriles is 2. The van der Waals surface area contributed by atoms with Gasteiger partial charge in [-0.1, -0.05) is 34.6 Å². The summed E-state index contributed by atoms with van der Waals surface area (Å²) in [5.74, 6) is -0.0969. The van der Waals surface area contributed by atoms with Crippen LogP contribution in [0.3, 0.4) is 0 Å². The van der Waals surface area contributed by atoms with Gasteiger partial charge in [0.25, 0.3) is 0 Å². The first-order valence-electron chi connectivity index (χ1n) is 8.25. The second-order valence-electron chi connectivity index (χ2n) is 9.04. The maximum atomic E-state index is 12.6. The van der Waals surface area contributed by atoms with E-state index < -0.39 is 35.7 Å². The van der Waals surface area contributed by atoms with Gasteiger partial charge in [0.15, 0.2) is 8.32 Å². The van der Waals surface area contributed by atoms with Gasteiger partial charge in [-0.15, -0.1) is 0 Å². The van der Waals surface area contributed by atoms with Gasteiger partial charge in [-0.05, 0) is 44.8 Å². The highest BCUT2D eigenvalue weighted by Crippen LogP contribution is 2.40. The molecule has 0 fully saturated rings. The van der Waals surface area contributed by atoms with Crippen LogP contribution in [0.4, 0.5) is 0 Å². The highest BCUT2D eigenvalue weighted by atomic mass is 32.2. The molecule has 0 rings (SSSR count). The first-order chi connectivity index (χ1) is 10.5. The lowest BCUT2D eigenvalue weighted by molar-refractivity contribution is 0.109. The number of rotatable bonds is 6. The van der Waals surface area contributed by atoms with E-state index in [1.165, 1.54) is 0 Å². The monoisotopic (exact) mass is 371 g/mol. The molecule has 1 unspecified atom stereocenters. The SMILES string of the molecule is CC(C)[C@H](NS(=O)C(C)(C)C)C(C#N)(C#N)O[Si](C)(C)C(C)(C)C. The Morgan fingerprint density at radius 2 is 1.46 bits per heavy atom. The van der Waals surface area contributed by atoms with Gasteiger partial charge in [0.2, 0.25) is 5.60 Å². The summed E-state index contributed by atoms with van der Waals surface area (Å²) in [5, 5.41) is 19.5. The number of nitrogens with one attached hydrogen (secondary N) is 1. The second-order valence-corrected chi connectivity index (χ2v) is 15.8. The molecule has 0 radical (unpaired) electrons. The van der Waals surface area contributed by atoms with E-state index >= 15 is 0 Å². The molecule has 2 atom stereocenters. The molecule has 138 valence electrons. The van der Waals surface area contributed by atoms with Gasteiger partial charge in [-0.3, -0.25) is 0 Å². The zero-order valence-electron chi connectivity index (χ0n) is 16.8. The van der Waals surface area contributed by atoms with E-state index in [0.29, 0.717) is 0 Å². The van der Waals surface area contributed by atoms with Gasteiger partial charge in [0.1, 0.15) is 12.1 Å². The Labute approximate surface area is 151 Å². The highest BCUT2D eigenvalue weighted by Gasteiger charge is 2.51. The number of nitrogens with zero attached hydrogens (tertiary/aromatic N) is 2. The molecule has 0 saturated heterocycles. The van der Waals surface area contributed by atoms with Crippen LogP contribution < -0.4 is 4.72 Å². The third-order valence-electron chi connectivity index (χ3n) is 4.45. The summed E-state index contributed by atoms with van der Waals surface area (Å²) in [4.78, 5) is 0. The van der Waals surface area contributed by atoms with Crippen LogP contribution in [0.1, 0.15) is 55.4 Å². The number of hydrogen-bond acceptors (Lipinski definition) is 4. The van der Waals surface area contributed by atoms with Crippen LogP contribution >= 0.6 is 0 Å². The van der Waals surface area contributed by atoms with Crippen LogP contribution in [-0.2, 0) is 15.4 Å². The predicted molar refractivity (Wildman–Crippen MR) is 102 cm³/mol. The van der Waals surface area contributed by atoms with Crippen LogP contribution in [0.2, 0.25) is 18.1 Å². The Morgan fingerprint density at radius 1 is 1.04 bits per heavy atom. The fraction of sp³-hybridized carbons (Fsp3) is 0.882. The van der Waals surface area contributed by atoms with Gasteiger partial charge in [0.05, 0.1) is 21.8 Å². The third-order valence-corrected chi connectivity index (χ3v) is 10.5. The van der Waals surface area contributed by atoms with E-state index in [4.69, 9.17) is 4.43 Å². The molecular formula is C17H33N3O2SSi. The molecule has 0 heterocycles. The van der Waals surface area contributed by atoms with Crippen LogP contribution in [0.5, 0.6) is 0 Å². The van der Waals surface area contributed by atoms with Crippen molar-refractivity contribution in [2.24, 2.45) is 5.92 Å². The second kappa shape index (κ2) is 7.66. The summed E-state index contributed by atoms with van der Waals surface area (Å²) < 4.78 is 21.3. The minimum atomic E-state index is -2.37. The Balaban J connectivity index is 5.95. The van der Waals surface area contributed by atoms with Gasteiger partial charge >= 0.3 is 0 Å². The van der Waals surface area contributed by atoms with Crippen LogP contribution in [-0.4, -0.2) is 28.9 Å². The molecule has 0 aliphatic carbocycles. The molecule has 1 N–H and O–H groups in total. The van der Waals surface area contributed by atoms with Crippen LogP contribution in [0, 0.1) is 28.6 Å². The highest BCUT2D eigenvalue weighted by molar-refractivity contribution is 7.84. The lowest BCUT2D eigenvalue weighted by atomic mass is 9.89. The zero-order valence-corrected chi connectivity index (χ0v) is 18.6. The zero-order chi connectivity index (χ0) is 19.6. The van der Waals surface area contributed by atoms with Crippen molar-refractivity contribution in [2.45, 2.75) is 89.9 Å². The maximum absolute atomic E-state index is 12.6. The molecule has 0 aromatic heterocycles. The quantitative estimate of drug-likeness (QED) is 0.718.